The summed E-state index contributed by atoms with van der Waals surface area (Å²) in [6.07, 6.45) is -3.48. The minimum Gasteiger partial charge on any atom is -0.170 e. The number of alkyl halides is 3. The van der Waals surface area contributed by atoms with Gasteiger partial charge in [0.1, 0.15) is 0 Å². The molecule has 0 aromatic heterocycles. The van der Waals surface area contributed by atoms with Crippen molar-refractivity contribution in [1.29, 1.82) is 0 Å². The van der Waals surface area contributed by atoms with Gasteiger partial charge in [-0.2, -0.15) is 13.2 Å². The monoisotopic (exact) mass is 280 g/mol. The van der Waals surface area contributed by atoms with Gasteiger partial charge < -0.3 is 0 Å². The fourth-order valence-corrected chi connectivity index (χ4v) is 1.77. The number of halogens is 4. The summed E-state index contributed by atoms with van der Waals surface area (Å²) in [5, 5.41) is 0. The molecule has 0 fully saturated rings. The Morgan fingerprint density at radius 2 is 1.73 bits per heavy atom. The van der Waals surface area contributed by atoms with Gasteiger partial charge >= 0.3 is 6.18 Å². The Morgan fingerprint density at radius 3 is 2.13 bits per heavy atom. The van der Waals surface area contributed by atoms with E-state index in [0.29, 0.717) is 12.0 Å². The predicted molar refractivity (Wildman–Crippen MR) is 57.8 cm³/mol. The Bertz CT molecular complexity index is 303. The molecule has 1 atom stereocenters. The van der Waals surface area contributed by atoms with E-state index in [1.807, 2.05) is 0 Å². The van der Waals surface area contributed by atoms with Crippen LogP contribution in [0.2, 0.25) is 0 Å². The fourth-order valence-electron chi connectivity index (χ4n) is 1.50. The van der Waals surface area contributed by atoms with Crippen LogP contribution in [0, 0.1) is 0 Å². The maximum Gasteiger partial charge on any atom is 0.395 e. The maximum atomic E-state index is 12.7. The summed E-state index contributed by atoms with van der Waals surface area (Å²) in [5.74, 6) is -1.34. The van der Waals surface area contributed by atoms with Crippen LogP contribution in [0.4, 0.5) is 13.2 Å². The summed E-state index contributed by atoms with van der Waals surface area (Å²) in [5.41, 5.74) is 0.340. The average Bonchev–Trinajstić information content (AvgIpc) is 2.14. The van der Waals surface area contributed by atoms with Crippen LogP contribution >= 0.6 is 15.9 Å². The third-order valence-corrected chi connectivity index (χ3v) is 2.77. The van der Waals surface area contributed by atoms with Crippen molar-refractivity contribution in [2.75, 3.05) is 0 Å². The SMILES string of the molecule is CCC[C@H](c1ccc(Br)cc1)C(F)(F)F. The molecule has 0 radical (unpaired) electrons. The van der Waals surface area contributed by atoms with E-state index < -0.39 is 12.1 Å². The molecule has 0 unspecified atom stereocenters. The molecule has 0 amide bonds. The van der Waals surface area contributed by atoms with Crippen molar-refractivity contribution in [2.45, 2.75) is 31.9 Å². The van der Waals surface area contributed by atoms with Crippen molar-refractivity contribution in [3.05, 3.63) is 34.3 Å². The molecule has 4 heteroatoms. The number of benzene rings is 1. The van der Waals surface area contributed by atoms with Gasteiger partial charge in [-0.3, -0.25) is 0 Å². The van der Waals surface area contributed by atoms with Crippen LogP contribution in [0.1, 0.15) is 31.2 Å². The van der Waals surface area contributed by atoms with Crippen LogP contribution in [0.25, 0.3) is 0 Å². The molecule has 0 N–H and O–H groups in total. The molecule has 0 heterocycles. The van der Waals surface area contributed by atoms with Gasteiger partial charge in [0.2, 0.25) is 0 Å². The van der Waals surface area contributed by atoms with Crippen molar-refractivity contribution in [3.8, 4) is 0 Å². The highest BCUT2D eigenvalue weighted by molar-refractivity contribution is 9.10. The zero-order chi connectivity index (χ0) is 11.5. The van der Waals surface area contributed by atoms with E-state index in [-0.39, 0.29) is 6.42 Å². The van der Waals surface area contributed by atoms with Gasteiger partial charge in [0.05, 0.1) is 5.92 Å². The normalized spacial score (nSPS) is 13.9. The second kappa shape index (κ2) is 5.01. The highest BCUT2D eigenvalue weighted by atomic mass is 79.9. The van der Waals surface area contributed by atoms with Gasteiger partial charge in [0, 0.05) is 4.47 Å². The van der Waals surface area contributed by atoms with Crippen LogP contribution in [-0.4, -0.2) is 6.18 Å². The molecule has 0 aliphatic heterocycles. The lowest BCUT2D eigenvalue weighted by Crippen LogP contribution is -2.20. The van der Waals surface area contributed by atoms with Crippen molar-refractivity contribution < 1.29 is 13.2 Å². The van der Waals surface area contributed by atoms with E-state index in [1.54, 1.807) is 19.1 Å². The van der Waals surface area contributed by atoms with Crippen LogP contribution in [0.3, 0.4) is 0 Å². The lowest BCUT2D eigenvalue weighted by molar-refractivity contribution is -0.152. The van der Waals surface area contributed by atoms with Crippen molar-refractivity contribution in [2.24, 2.45) is 0 Å². The quantitative estimate of drug-likeness (QED) is 0.739. The molecular formula is C11H12BrF3. The summed E-state index contributed by atoms with van der Waals surface area (Å²) in [6.45, 7) is 1.76. The Labute approximate surface area is 95.6 Å². The minimum atomic E-state index is -4.15. The summed E-state index contributed by atoms with van der Waals surface area (Å²) >= 11 is 3.20. The minimum absolute atomic E-state index is 0.144. The average molecular weight is 281 g/mol. The van der Waals surface area contributed by atoms with Gasteiger partial charge in [0.15, 0.2) is 0 Å². The number of hydrogen-bond acceptors (Lipinski definition) is 0. The molecule has 1 rings (SSSR count). The van der Waals surface area contributed by atoms with E-state index in [4.69, 9.17) is 0 Å². The van der Waals surface area contributed by atoms with Gasteiger partial charge in [-0.15, -0.1) is 0 Å². The first-order chi connectivity index (χ1) is 6.95. The molecule has 0 nitrogen and oxygen atoms in total. The molecule has 1 aromatic carbocycles. The zero-order valence-corrected chi connectivity index (χ0v) is 9.90. The van der Waals surface area contributed by atoms with Crippen LogP contribution in [0.15, 0.2) is 28.7 Å². The van der Waals surface area contributed by atoms with Gasteiger partial charge in [-0.05, 0) is 24.1 Å². The van der Waals surface area contributed by atoms with Crippen LogP contribution < -0.4 is 0 Å². The van der Waals surface area contributed by atoms with Crippen LogP contribution in [-0.2, 0) is 0 Å². The van der Waals surface area contributed by atoms with E-state index in [0.717, 1.165) is 4.47 Å². The van der Waals surface area contributed by atoms with E-state index in [2.05, 4.69) is 15.9 Å². The number of hydrogen-bond donors (Lipinski definition) is 0. The molecular weight excluding hydrogens is 269 g/mol. The molecule has 0 saturated carbocycles. The van der Waals surface area contributed by atoms with E-state index >= 15 is 0 Å². The summed E-state index contributed by atoms with van der Waals surface area (Å²) in [6, 6.07) is 6.34. The fraction of sp³-hybridized carbons (Fsp3) is 0.455. The molecule has 84 valence electrons. The Balaban J connectivity index is 2.94. The molecule has 0 saturated heterocycles. The second-order valence-corrected chi connectivity index (χ2v) is 4.35. The largest absolute Gasteiger partial charge is 0.395 e. The number of rotatable bonds is 3. The first kappa shape index (κ1) is 12.6. The highest BCUT2D eigenvalue weighted by Gasteiger charge is 2.39. The van der Waals surface area contributed by atoms with Gasteiger partial charge in [0.25, 0.3) is 0 Å². The van der Waals surface area contributed by atoms with Gasteiger partial charge in [-0.1, -0.05) is 41.4 Å². The summed E-state index contributed by atoms with van der Waals surface area (Å²) < 4.78 is 38.8. The lowest BCUT2D eigenvalue weighted by atomic mass is 9.94. The molecule has 0 aliphatic rings. The molecule has 0 spiro atoms. The Morgan fingerprint density at radius 1 is 1.20 bits per heavy atom. The Hall–Kier alpha value is -0.510. The van der Waals surface area contributed by atoms with Crippen molar-refractivity contribution in [1.82, 2.24) is 0 Å². The smallest absolute Gasteiger partial charge is 0.170 e. The summed E-state index contributed by atoms with van der Waals surface area (Å²) in [4.78, 5) is 0. The molecule has 0 aliphatic carbocycles. The topological polar surface area (TPSA) is 0 Å². The second-order valence-electron chi connectivity index (χ2n) is 3.43. The lowest BCUT2D eigenvalue weighted by Gasteiger charge is -2.20. The van der Waals surface area contributed by atoms with E-state index in [9.17, 15) is 13.2 Å². The van der Waals surface area contributed by atoms with E-state index in [1.165, 1.54) is 12.1 Å². The third kappa shape index (κ3) is 3.52. The predicted octanol–water partition coefficient (Wildman–Crippen LogP) is 4.90. The van der Waals surface area contributed by atoms with Gasteiger partial charge in [-0.25, -0.2) is 0 Å². The van der Waals surface area contributed by atoms with Crippen molar-refractivity contribution >= 4 is 15.9 Å². The van der Waals surface area contributed by atoms with Crippen LogP contribution in [0.5, 0.6) is 0 Å². The molecule has 1 aromatic rings. The first-order valence-corrected chi connectivity index (χ1v) is 5.56. The first-order valence-electron chi connectivity index (χ1n) is 4.77. The van der Waals surface area contributed by atoms with Crippen molar-refractivity contribution in [3.63, 3.8) is 0 Å². The standard InChI is InChI=1S/C11H12BrF3/c1-2-3-10(11(13,14)15)8-4-6-9(12)7-5-8/h4-7,10H,2-3H2,1H3/t10-/m1/s1. The maximum absolute atomic E-state index is 12.7. The molecule has 0 bridgehead atoms. The summed E-state index contributed by atoms with van der Waals surface area (Å²) in [7, 11) is 0. The highest BCUT2D eigenvalue weighted by Crippen LogP contribution is 2.38. The molecule has 15 heavy (non-hydrogen) atoms. The zero-order valence-electron chi connectivity index (χ0n) is 8.31. The Kier molecular flexibility index (Phi) is 4.20. The third-order valence-electron chi connectivity index (χ3n) is 2.24.